The van der Waals surface area contributed by atoms with E-state index in [2.05, 4.69) is 10.2 Å². The number of hydrogen-bond donors (Lipinski definition) is 2. The average molecular weight is 258 g/mol. The first-order valence-electron chi connectivity index (χ1n) is 5.79. The third-order valence-electron chi connectivity index (χ3n) is 3.08. The van der Waals surface area contributed by atoms with Gasteiger partial charge in [0, 0.05) is 12.5 Å². The molecule has 2 atom stereocenters. The Labute approximate surface area is 104 Å². The van der Waals surface area contributed by atoms with E-state index in [1.807, 2.05) is 0 Å². The Kier molecular flexibility index (Phi) is 4.46. The molecule has 0 amide bonds. The Morgan fingerprint density at radius 2 is 2.06 bits per heavy atom. The fourth-order valence-corrected chi connectivity index (χ4v) is 2.18. The van der Waals surface area contributed by atoms with Crippen LogP contribution in [0.3, 0.4) is 0 Å². The summed E-state index contributed by atoms with van der Waals surface area (Å²) in [4.78, 5) is 0. The molecule has 0 bridgehead atoms. The predicted molar refractivity (Wildman–Crippen MR) is 62.1 cm³/mol. The normalized spacial score (nSPS) is 21.2. The number of nitrogens with two attached hydrogens (primary N) is 1. The SMILES string of the molecule is NNC(c1ccc(OC(F)F)cc1)C1CCOC1. The van der Waals surface area contributed by atoms with Crippen molar-refractivity contribution < 1.29 is 18.3 Å². The van der Waals surface area contributed by atoms with Crippen LogP contribution in [0, 0.1) is 5.92 Å². The number of halogens is 2. The molecule has 1 heterocycles. The summed E-state index contributed by atoms with van der Waals surface area (Å²) in [7, 11) is 0. The minimum absolute atomic E-state index is 0.0342. The Bertz CT molecular complexity index is 367. The molecule has 1 aromatic rings. The van der Waals surface area contributed by atoms with Gasteiger partial charge in [0.05, 0.1) is 12.6 Å². The summed E-state index contributed by atoms with van der Waals surface area (Å²) in [6.45, 7) is -1.41. The maximum atomic E-state index is 12.0. The second-order valence-electron chi connectivity index (χ2n) is 4.22. The van der Waals surface area contributed by atoms with E-state index in [0.29, 0.717) is 12.5 Å². The molecule has 0 spiro atoms. The highest BCUT2D eigenvalue weighted by Crippen LogP contribution is 2.29. The fraction of sp³-hybridized carbons (Fsp3) is 0.500. The van der Waals surface area contributed by atoms with Crippen molar-refractivity contribution in [3.05, 3.63) is 29.8 Å². The molecule has 2 unspecified atom stereocenters. The van der Waals surface area contributed by atoms with Gasteiger partial charge in [0.15, 0.2) is 0 Å². The lowest BCUT2D eigenvalue weighted by atomic mass is 9.93. The van der Waals surface area contributed by atoms with Crippen molar-refractivity contribution in [1.29, 1.82) is 0 Å². The maximum Gasteiger partial charge on any atom is 0.387 e. The summed E-state index contributed by atoms with van der Waals surface area (Å²) in [6, 6.07) is 6.47. The molecule has 1 aliphatic rings. The number of hydrazine groups is 1. The number of ether oxygens (including phenoxy) is 2. The molecule has 2 rings (SSSR count). The Morgan fingerprint density at radius 1 is 1.33 bits per heavy atom. The van der Waals surface area contributed by atoms with Gasteiger partial charge in [0.25, 0.3) is 0 Å². The van der Waals surface area contributed by atoms with Crippen LogP contribution in [0.15, 0.2) is 24.3 Å². The van der Waals surface area contributed by atoms with Gasteiger partial charge in [-0.05, 0) is 24.1 Å². The van der Waals surface area contributed by atoms with Gasteiger partial charge in [-0.25, -0.2) is 0 Å². The summed E-state index contributed by atoms with van der Waals surface area (Å²) in [6.07, 6.45) is 0.935. The van der Waals surface area contributed by atoms with Gasteiger partial charge in [-0.2, -0.15) is 8.78 Å². The van der Waals surface area contributed by atoms with E-state index in [0.717, 1.165) is 18.6 Å². The number of rotatable bonds is 5. The van der Waals surface area contributed by atoms with Crippen molar-refractivity contribution in [1.82, 2.24) is 5.43 Å². The van der Waals surface area contributed by atoms with Crippen LogP contribution in [0.2, 0.25) is 0 Å². The van der Waals surface area contributed by atoms with Crippen molar-refractivity contribution in [2.24, 2.45) is 11.8 Å². The molecule has 100 valence electrons. The molecule has 1 aliphatic heterocycles. The van der Waals surface area contributed by atoms with E-state index in [4.69, 9.17) is 10.6 Å². The topological polar surface area (TPSA) is 56.5 Å². The smallest absolute Gasteiger partial charge is 0.387 e. The fourth-order valence-electron chi connectivity index (χ4n) is 2.18. The van der Waals surface area contributed by atoms with E-state index in [9.17, 15) is 8.78 Å². The zero-order chi connectivity index (χ0) is 13.0. The highest BCUT2D eigenvalue weighted by molar-refractivity contribution is 5.29. The Morgan fingerprint density at radius 3 is 2.56 bits per heavy atom. The third-order valence-corrected chi connectivity index (χ3v) is 3.08. The standard InChI is InChI=1S/C12H16F2N2O2/c13-12(14)18-10-3-1-8(2-4-10)11(16-15)9-5-6-17-7-9/h1-4,9,11-12,16H,5-7,15H2. The van der Waals surface area contributed by atoms with Crippen molar-refractivity contribution in [3.8, 4) is 5.75 Å². The second-order valence-corrected chi connectivity index (χ2v) is 4.22. The lowest BCUT2D eigenvalue weighted by Gasteiger charge is -2.22. The van der Waals surface area contributed by atoms with Crippen LogP contribution in [-0.2, 0) is 4.74 Å². The molecular formula is C12H16F2N2O2. The van der Waals surface area contributed by atoms with E-state index < -0.39 is 6.61 Å². The first-order valence-corrected chi connectivity index (χ1v) is 5.79. The van der Waals surface area contributed by atoms with Crippen molar-refractivity contribution in [2.45, 2.75) is 19.1 Å². The van der Waals surface area contributed by atoms with Crippen LogP contribution in [0.4, 0.5) is 8.78 Å². The summed E-state index contributed by atoms with van der Waals surface area (Å²) in [5.41, 5.74) is 3.69. The number of hydrogen-bond acceptors (Lipinski definition) is 4. The lowest BCUT2D eigenvalue weighted by Crippen LogP contribution is -2.33. The quantitative estimate of drug-likeness (QED) is 0.625. The largest absolute Gasteiger partial charge is 0.435 e. The van der Waals surface area contributed by atoms with Crippen molar-refractivity contribution in [3.63, 3.8) is 0 Å². The Balaban J connectivity index is 2.06. The number of alkyl halides is 2. The lowest BCUT2D eigenvalue weighted by molar-refractivity contribution is -0.0498. The third kappa shape index (κ3) is 3.16. The molecule has 4 nitrogen and oxygen atoms in total. The van der Waals surface area contributed by atoms with Crippen LogP contribution in [-0.4, -0.2) is 19.8 Å². The molecule has 18 heavy (non-hydrogen) atoms. The summed E-state index contributed by atoms with van der Waals surface area (Å²) < 4.78 is 33.7. The van der Waals surface area contributed by atoms with Crippen LogP contribution in [0.1, 0.15) is 18.0 Å². The zero-order valence-electron chi connectivity index (χ0n) is 9.81. The monoisotopic (exact) mass is 258 g/mol. The summed E-state index contributed by atoms with van der Waals surface area (Å²) in [5.74, 6) is 5.99. The second kappa shape index (κ2) is 6.08. The molecule has 0 aromatic heterocycles. The zero-order valence-corrected chi connectivity index (χ0v) is 9.81. The van der Waals surface area contributed by atoms with Crippen LogP contribution >= 0.6 is 0 Å². The van der Waals surface area contributed by atoms with E-state index in [1.54, 1.807) is 12.1 Å². The van der Waals surface area contributed by atoms with E-state index >= 15 is 0 Å². The van der Waals surface area contributed by atoms with Gasteiger partial charge in [-0.3, -0.25) is 11.3 Å². The molecule has 3 N–H and O–H groups in total. The molecule has 0 aliphatic carbocycles. The van der Waals surface area contributed by atoms with Gasteiger partial charge in [-0.1, -0.05) is 12.1 Å². The maximum absolute atomic E-state index is 12.0. The van der Waals surface area contributed by atoms with Gasteiger partial charge in [0.2, 0.25) is 0 Å². The van der Waals surface area contributed by atoms with Crippen molar-refractivity contribution >= 4 is 0 Å². The van der Waals surface area contributed by atoms with E-state index in [-0.39, 0.29) is 11.8 Å². The highest BCUT2D eigenvalue weighted by atomic mass is 19.3. The van der Waals surface area contributed by atoms with Gasteiger partial charge >= 0.3 is 6.61 Å². The average Bonchev–Trinajstić information content (AvgIpc) is 2.85. The number of nitrogens with one attached hydrogen (secondary N) is 1. The van der Waals surface area contributed by atoms with Crippen LogP contribution in [0.25, 0.3) is 0 Å². The Hall–Kier alpha value is -1.24. The van der Waals surface area contributed by atoms with Gasteiger partial charge in [-0.15, -0.1) is 0 Å². The molecule has 0 radical (unpaired) electrons. The first-order chi connectivity index (χ1) is 8.70. The molecule has 1 aromatic carbocycles. The minimum Gasteiger partial charge on any atom is -0.435 e. The highest BCUT2D eigenvalue weighted by Gasteiger charge is 2.26. The minimum atomic E-state index is -2.80. The van der Waals surface area contributed by atoms with Crippen LogP contribution in [0.5, 0.6) is 5.75 Å². The first kappa shape index (κ1) is 13.2. The predicted octanol–water partition coefficient (Wildman–Crippen LogP) is 1.83. The van der Waals surface area contributed by atoms with Gasteiger partial charge in [0.1, 0.15) is 5.75 Å². The van der Waals surface area contributed by atoms with Gasteiger partial charge < -0.3 is 9.47 Å². The number of benzene rings is 1. The summed E-state index contributed by atoms with van der Waals surface area (Å²) in [5, 5.41) is 0. The molecule has 1 fully saturated rings. The molecule has 0 saturated carbocycles. The molecule has 6 heteroatoms. The summed E-state index contributed by atoms with van der Waals surface area (Å²) >= 11 is 0. The molecular weight excluding hydrogens is 242 g/mol. The molecule has 1 saturated heterocycles. The van der Waals surface area contributed by atoms with Crippen LogP contribution < -0.4 is 16.0 Å². The van der Waals surface area contributed by atoms with Crippen molar-refractivity contribution in [2.75, 3.05) is 13.2 Å². The van der Waals surface area contributed by atoms with E-state index in [1.165, 1.54) is 12.1 Å².